The Bertz CT molecular complexity index is 694. The Balaban J connectivity index is 1.80. The van der Waals surface area contributed by atoms with E-state index < -0.39 is 0 Å². The molecule has 2 N–H and O–H groups in total. The van der Waals surface area contributed by atoms with Gasteiger partial charge in [-0.25, -0.2) is 14.6 Å². The molecule has 0 aromatic carbocycles. The molecular formula is C14H18IN5O2. The van der Waals surface area contributed by atoms with Crippen molar-refractivity contribution >= 4 is 45.4 Å². The summed E-state index contributed by atoms with van der Waals surface area (Å²) in [7, 11) is 0. The van der Waals surface area contributed by atoms with E-state index in [9.17, 15) is 4.79 Å². The molecule has 2 aromatic heterocycles. The van der Waals surface area contributed by atoms with Crippen molar-refractivity contribution in [2.45, 2.75) is 38.6 Å². The summed E-state index contributed by atoms with van der Waals surface area (Å²) >= 11 is 2.16. The number of nitrogens with two attached hydrogens (primary N) is 1. The third-order valence-electron chi connectivity index (χ3n) is 4.14. The molecule has 0 bridgehead atoms. The van der Waals surface area contributed by atoms with Crippen molar-refractivity contribution in [1.29, 1.82) is 0 Å². The molecule has 8 heteroatoms. The number of fused-ring (bicyclic) bond motifs is 1. The summed E-state index contributed by atoms with van der Waals surface area (Å²) in [6.45, 7) is 2.28. The molecular weight excluding hydrogens is 397 g/mol. The van der Waals surface area contributed by atoms with Crippen LogP contribution in [0.2, 0.25) is 0 Å². The van der Waals surface area contributed by atoms with Crippen LogP contribution < -0.4 is 5.73 Å². The average Bonchev–Trinajstić information content (AvgIpc) is 2.86. The van der Waals surface area contributed by atoms with Gasteiger partial charge in [0.25, 0.3) is 0 Å². The minimum absolute atomic E-state index is 0.0109. The molecule has 0 radical (unpaired) electrons. The van der Waals surface area contributed by atoms with E-state index in [1.807, 2.05) is 11.6 Å². The molecule has 0 saturated heterocycles. The second kappa shape index (κ2) is 6.35. The van der Waals surface area contributed by atoms with E-state index in [-0.39, 0.29) is 17.9 Å². The number of carbonyl (C=O) groups excluding carboxylic acids is 1. The minimum atomic E-state index is -0.0765. The number of hydrogen-bond acceptors (Lipinski definition) is 6. The molecule has 1 aliphatic rings. The van der Waals surface area contributed by atoms with Gasteiger partial charge in [-0.15, -0.1) is 0 Å². The Morgan fingerprint density at radius 3 is 2.82 bits per heavy atom. The van der Waals surface area contributed by atoms with E-state index >= 15 is 0 Å². The first-order valence-corrected chi connectivity index (χ1v) is 8.50. The lowest BCUT2D eigenvalue weighted by molar-refractivity contribution is -0.149. The number of carbonyl (C=O) groups is 1. The smallest absolute Gasteiger partial charge is 0.308 e. The second-order valence-corrected chi connectivity index (χ2v) is 6.47. The Morgan fingerprint density at radius 2 is 2.14 bits per heavy atom. The Kier molecular flexibility index (Phi) is 4.46. The van der Waals surface area contributed by atoms with Gasteiger partial charge < -0.3 is 10.5 Å². The van der Waals surface area contributed by atoms with E-state index in [2.05, 4.69) is 37.7 Å². The topological polar surface area (TPSA) is 95.9 Å². The maximum Gasteiger partial charge on any atom is 0.308 e. The lowest BCUT2D eigenvalue weighted by Crippen LogP contribution is -2.25. The van der Waals surface area contributed by atoms with Crippen molar-refractivity contribution in [2.75, 3.05) is 12.3 Å². The highest BCUT2D eigenvalue weighted by Gasteiger charge is 2.30. The monoisotopic (exact) mass is 415 g/mol. The van der Waals surface area contributed by atoms with Gasteiger partial charge in [-0.2, -0.15) is 5.10 Å². The van der Waals surface area contributed by atoms with E-state index in [1.165, 1.54) is 6.33 Å². The molecule has 0 spiro atoms. The molecule has 22 heavy (non-hydrogen) atoms. The van der Waals surface area contributed by atoms with Crippen LogP contribution in [0.4, 0.5) is 5.82 Å². The molecule has 1 saturated carbocycles. The number of halogens is 1. The average molecular weight is 415 g/mol. The summed E-state index contributed by atoms with van der Waals surface area (Å²) in [5.74, 6) is 0.394. The molecule has 0 atom stereocenters. The van der Waals surface area contributed by atoms with Crippen molar-refractivity contribution in [3.8, 4) is 0 Å². The molecule has 3 rings (SSSR count). The van der Waals surface area contributed by atoms with Crippen molar-refractivity contribution in [3.63, 3.8) is 0 Å². The van der Waals surface area contributed by atoms with Crippen LogP contribution in [0.3, 0.4) is 0 Å². The molecule has 0 aliphatic heterocycles. The molecule has 0 amide bonds. The van der Waals surface area contributed by atoms with Crippen LogP contribution in [0.25, 0.3) is 11.0 Å². The lowest BCUT2D eigenvalue weighted by atomic mass is 9.86. The summed E-state index contributed by atoms with van der Waals surface area (Å²) in [6, 6.07) is 0.242. The summed E-state index contributed by atoms with van der Waals surface area (Å²) in [4.78, 5) is 20.2. The number of aromatic nitrogens is 4. The summed E-state index contributed by atoms with van der Waals surface area (Å²) in [6.07, 6.45) is 4.89. The van der Waals surface area contributed by atoms with Crippen LogP contribution in [0.15, 0.2) is 6.33 Å². The van der Waals surface area contributed by atoms with Crippen molar-refractivity contribution < 1.29 is 9.53 Å². The largest absolute Gasteiger partial charge is 0.466 e. The van der Waals surface area contributed by atoms with Gasteiger partial charge in [0.15, 0.2) is 5.65 Å². The second-order valence-electron chi connectivity index (χ2n) is 5.45. The first-order chi connectivity index (χ1) is 10.6. The maximum absolute atomic E-state index is 11.8. The molecule has 0 unspecified atom stereocenters. The summed E-state index contributed by atoms with van der Waals surface area (Å²) < 4.78 is 7.87. The fourth-order valence-corrected chi connectivity index (χ4v) is 3.77. The Morgan fingerprint density at radius 1 is 1.41 bits per heavy atom. The normalized spacial score (nSPS) is 21.9. The SMILES string of the molecule is CCOC(=O)C1CCC(n2nc(I)c3c(N)ncnc32)CC1. The van der Waals surface area contributed by atoms with Gasteiger partial charge in [0.1, 0.15) is 15.8 Å². The molecule has 2 aromatic rings. The number of rotatable bonds is 3. The van der Waals surface area contributed by atoms with E-state index in [0.29, 0.717) is 12.4 Å². The van der Waals surface area contributed by atoms with Gasteiger partial charge >= 0.3 is 5.97 Å². The Hall–Kier alpha value is -1.45. The molecule has 1 aliphatic carbocycles. The zero-order valence-corrected chi connectivity index (χ0v) is 14.5. The van der Waals surface area contributed by atoms with E-state index in [0.717, 1.165) is 40.4 Å². The van der Waals surface area contributed by atoms with Gasteiger partial charge in [-0.3, -0.25) is 4.79 Å². The van der Waals surface area contributed by atoms with Crippen LogP contribution in [0.1, 0.15) is 38.6 Å². The summed E-state index contributed by atoms with van der Waals surface area (Å²) in [5.41, 5.74) is 6.70. The number of nitrogens with zero attached hydrogens (tertiary/aromatic N) is 4. The van der Waals surface area contributed by atoms with Gasteiger partial charge in [-0.05, 0) is 55.2 Å². The zero-order valence-electron chi connectivity index (χ0n) is 12.3. The van der Waals surface area contributed by atoms with Gasteiger partial charge in [-0.1, -0.05) is 0 Å². The van der Waals surface area contributed by atoms with Crippen molar-refractivity contribution in [2.24, 2.45) is 5.92 Å². The van der Waals surface area contributed by atoms with Crippen LogP contribution in [-0.2, 0) is 9.53 Å². The molecule has 1 fully saturated rings. The maximum atomic E-state index is 11.8. The zero-order chi connectivity index (χ0) is 15.7. The van der Waals surface area contributed by atoms with Crippen LogP contribution in [0, 0.1) is 9.62 Å². The highest BCUT2D eigenvalue weighted by atomic mass is 127. The lowest BCUT2D eigenvalue weighted by Gasteiger charge is -2.27. The Labute approximate surface area is 141 Å². The molecule has 7 nitrogen and oxygen atoms in total. The van der Waals surface area contributed by atoms with Gasteiger partial charge in [0.2, 0.25) is 0 Å². The van der Waals surface area contributed by atoms with Gasteiger partial charge in [0, 0.05) is 0 Å². The third-order valence-corrected chi connectivity index (χ3v) is 4.89. The number of anilines is 1. The van der Waals surface area contributed by atoms with E-state index in [1.54, 1.807) is 0 Å². The van der Waals surface area contributed by atoms with Crippen LogP contribution >= 0.6 is 22.6 Å². The fraction of sp³-hybridized carbons (Fsp3) is 0.571. The highest BCUT2D eigenvalue weighted by Crippen LogP contribution is 2.35. The van der Waals surface area contributed by atoms with Crippen LogP contribution in [-0.4, -0.2) is 32.3 Å². The number of ether oxygens (including phenoxy) is 1. The predicted octanol–water partition coefficient (Wildman–Crippen LogP) is 2.31. The minimum Gasteiger partial charge on any atom is -0.466 e. The molecule has 2 heterocycles. The van der Waals surface area contributed by atoms with E-state index in [4.69, 9.17) is 10.5 Å². The first kappa shape index (κ1) is 15.4. The number of nitrogen functional groups attached to an aromatic ring is 1. The predicted molar refractivity (Wildman–Crippen MR) is 90.1 cm³/mol. The fourth-order valence-electron chi connectivity index (χ4n) is 3.02. The van der Waals surface area contributed by atoms with Crippen molar-refractivity contribution in [1.82, 2.24) is 19.7 Å². The first-order valence-electron chi connectivity index (χ1n) is 7.42. The van der Waals surface area contributed by atoms with Crippen molar-refractivity contribution in [3.05, 3.63) is 10.0 Å². The summed E-state index contributed by atoms with van der Waals surface area (Å²) in [5, 5.41) is 5.40. The number of hydrogen-bond donors (Lipinski definition) is 1. The third kappa shape index (κ3) is 2.75. The molecule has 118 valence electrons. The highest BCUT2D eigenvalue weighted by molar-refractivity contribution is 14.1. The quantitative estimate of drug-likeness (QED) is 0.611. The van der Waals surface area contributed by atoms with Gasteiger partial charge in [0.05, 0.1) is 24.0 Å². The van der Waals surface area contributed by atoms with Crippen LogP contribution in [0.5, 0.6) is 0 Å². The standard InChI is InChI=1S/C14H18IN5O2/c1-2-22-14(21)8-3-5-9(6-4-8)20-13-10(11(15)19-20)12(16)17-7-18-13/h7-9H,2-6H2,1H3,(H2,16,17,18). The number of esters is 1.